The van der Waals surface area contributed by atoms with E-state index in [0.717, 1.165) is 82.9 Å². The van der Waals surface area contributed by atoms with E-state index in [0.29, 0.717) is 11.9 Å². The molecular formula is C19H28N4O2. The van der Waals surface area contributed by atoms with Gasteiger partial charge in [-0.25, -0.2) is 9.97 Å². The van der Waals surface area contributed by atoms with Gasteiger partial charge in [-0.15, -0.1) is 0 Å². The SMILES string of the molecule is CCc1cnc(N2CCC[C@]3(CCN(C4CCOCC4)C3=O)C2)nc1. The molecule has 4 heterocycles. The summed E-state index contributed by atoms with van der Waals surface area (Å²) in [6.07, 6.45) is 9.72. The number of ether oxygens (including phenoxy) is 1. The summed E-state index contributed by atoms with van der Waals surface area (Å²) in [6.45, 7) is 6.27. The summed E-state index contributed by atoms with van der Waals surface area (Å²) in [4.78, 5) is 26.7. The highest BCUT2D eigenvalue weighted by atomic mass is 16.5. The van der Waals surface area contributed by atoms with Crippen molar-refractivity contribution in [2.75, 3.05) is 37.7 Å². The molecule has 4 rings (SSSR count). The van der Waals surface area contributed by atoms with Gasteiger partial charge in [-0.1, -0.05) is 6.92 Å². The van der Waals surface area contributed by atoms with Crippen LogP contribution in [0.5, 0.6) is 0 Å². The van der Waals surface area contributed by atoms with Crippen molar-refractivity contribution in [3.05, 3.63) is 18.0 Å². The first-order chi connectivity index (χ1) is 12.2. The van der Waals surface area contributed by atoms with Crippen LogP contribution in [0.25, 0.3) is 0 Å². The van der Waals surface area contributed by atoms with E-state index in [1.165, 1.54) is 0 Å². The predicted molar refractivity (Wildman–Crippen MR) is 95.5 cm³/mol. The molecule has 1 spiro atoms. The average molecular weight is 344 g/mol. The van der Waals surface area contributed by atoms with Crippen LogP contribution in [-0.4, -0.2) is 59.7 Å². The Morgan fingerprint density at radius 2 is 1.96 bits per heavy atom. The molecule has 3 fully saturated rings. The Bertz CT molecular complexity index is 614. The number of aryl methyl sites for hydroxylation is 1. The van der Waals surface area contributed by atoms with E-state index in [1.54, 1.807) is 0 Å². The highest BCUT2D eigenvalue weighted by Crippen LogP contribution is 2.42. The van der Waals surface area contributed by atoms with Gasteiger partial charge < -0.3 is 14.5 Å². The molecule has 3 aliphatic rings. The van der Waals surface area contributed by atoms with Gasteiger partial charge in [0.05, 0.1) is 5.41 Å². The fourth-order valence-electron chi connectivity index (χ4n) is 4.57. The van der Waals surface area contributed by atoms with Crippen LogP contribution in [0, 0.1) is 5.41 Å². The molecule has 0 radical (unpaired) electrons. The van der Waals surface area contributed by atoms with Gasteiger partial charge >= 0.3 is 0 Å². The molecule has 136 valence electrons. The summed E-state index contributed by atoms with van der Waals surface area (Å²) in [7, 11) is 0. The maximum Gasteiger partial charge on any atom is 0.230 e. The van der Waals surface area contributed by atoms with E-state index in [4.69, 9.17) is 4.74 Å². The number of aromatic nitrogens is 2. The number of hydrogen-bond donors (Lipinski definition) is 0. The van der Waals surface area contributed by atoms with E-state index in [2.05, 4.69) is 26.7 Å². The Labute approximate surface area is 149 Å². The lowest BCUT2D eigenvalue weighted by atomic mass is 9.78. The number of carbonyl (C=O) groups excluding carboxylic acids is 1. The monoisotopic (exact) mass is 344 g/mol. The van der Waals surface area contributed by atoms with E-state index < -0.39 is 0 Å². The first kappa shape index (κ1) is 16.8. The number of nitrogens with zero attached hydrogens (tertiary/aromatic N) is 4. The zero-order valence-electron chi connectivity index (χ0n) is 15.1. The number of rotatable bonds is 3. The molecular weight excluding hydrogens is 316 g/mol. The molecule has 25 heavy (non-hydrogen) atoms. The minimum atomic E-state index is -0.233. The van der Waals surface area contributed by atoms with Gasteiger partial charge in [-0.05, 0) is 44.1 Å². The van der Waals surface area contributed by atoms with Crippen molar-refractivity contribution in [2.24, 2.45) is 5.41 Å². The van der Waals surface area contributed by atoms with Crippen LogP contribution >= 0.6 is 0 Å². The van der Waals surface area contributed by atoms with Gasteiger partial charge in [0.2, 0.25) is 11.9 Å². The topological polar surface area (TPSA) is 58.6 Å². The lowest BCUT2D eigenvalue weighted by Crippen LogP contribution is -2.50. The second-order valence-corrected chi connectivity index (χ2v) is 7.64. The van der Waals surface area contributed by atoms with Crippen molar-refractivity contribution in [3.8, 4) is 0 Å². The van der Waals surface area contributed by atoms with Gasteiger partial charge in [0.15, 0.2) is 0 Å². The standard InChI is InChI=1S/C19H28N4O2/c1-2-15-12-20-18(21-13-15)22-8-3-6-19(14-22)7-9-23(17(19)24)16-4-10-25-11-5-16/h12-13,16H,2-11,14H2,1H3/t19-/m0/s1. The van der Waals surface area contributed by atoms with Crippen LogP contribution in [-0.2, 0) is 16.0 Å². The molecule has 0 saturated carbocycles. The second kappa shape index (κ2) is 6.90. The number of carbonyl (C=O) groups is 1. The summed E-state index contributed by atoms with van der Waals surface area (Å²) in [5, 5.41) is 0. The maximum atomic E-state index is 13.3. The molecule has 3 aliphatic heterocycles. The summed E-state index contributed by atoms with van der Waals surface area (Å²) >= 11 is 0. The second-order valence-electron chi connectivity index (χ2n) is 7.64. The summed E-state index contributed by atoms with van der Waals surface area (Å²) < 4.78 is 5.46. The third-order valence-corrected chi connectivity index (χ3v) is 6.14. The normalized spacial score (nSPS) is 28.1. The fourth-order valence-corrected chi connectivity index (χ4v) is 4.57. The van der Waals surface area contributed by atoms with Gasteiger partial charge in [0, 0.05) is 51.3 Å². The molecule has 1 aromatic heterocycles. The zero-order chi connectivity index (χ0) is 17.3. The number of amides is 1. The van der Waals surface area contributed by atoms with Crippen LogP contribution in [0.3, 0.4) is 0 Å². The quantitative estimate of drug-likeness (QED) is 0.840. The van der Waals surface area contributed by atoms with Gasteiger partial charge in [0.1, 0.15) is 0 Å². The van der Waals surface area contributed by atoms with Crippen molar-refractivity contribution in [1.29, 1.82) is 0 Å². The van der Waals surface area contributed by atoms with Crippen molar-refractivity contribution in [1.82, 2.24) is 14.9 Å². The lowest BCUT2D eigenvalue weighted by molar-refractivity contribution is -0.139. The van der Waals surface area contributed by atoms with E-state index >= 15 is 0 Å². The van der Waals surface area contributed by atoms with E-state index in [9.17, 15) is 4.79 Å². The smallest absolute Gasteiger partial charge is 0.230 e. The Kier molecular flexibility index (Phi) is 4.63. The third-order valence-electron chi connectivity index (χ3n) is 6.14. The molecule has 6 nitrogen and oxygen atoms in total. The molecule has 0 aromatic carbocycles. The van der Waals surface area contributed by atoms with Gasteiger partial charge in [-0.2, -0.15) is 0 Å². The average Bonchev–Trinajstić information content (AvgIpc) is 2.98. The van der Waals surface area contributed by atoms with Crippen molar-refractivity contribution in [3.63, 3.8) is 0 Å². The van der Waals surface area contributed by atoms with E-state index in [-0.39, 0.29) is 5.41 Å². The highest BCUT2D eigenvalue weighted by Gasteiger charge is 2.50. The van der Waals surface area contributed by atoms with Gasteiger partial charge in [-0.3, -0.25) is 4.79 Å². The molecule has 0 bridgehead atoms. The largest absolute Gasteiger partial charge is 0.381 e. The molecule has 6 heteroatoms. The van der Waals surface area contributed by atoms with Crippen molar-refractivity contribution in [2.45, 2.75) is 51.5 Å². The predicted octanol–water partition coefficient (Wildman–Crippen LogP) is 2.04. The molecule has 0 aliphatic carbocycles. The van der Waals surface area contributed by atoms with Crippen LogP contribution in [0.2, 0.25) is 0 Å². The molecule has 1 atom stereocenters. The van der Waals surface area contributed by atoms with Gasteiger partial charge in [0.25, 0.3) is 0 Å². The van der Waals surface area contributed by atoms with Crippen molar-refractivity contribution >= 4 is 11.9 Å². The summed E-state index contributed by atoms with van der Waals surface area (Å²) in [6, 6.07) is 0.371. The molecule has 0 N–H and O–H groups in total. The van der Waals surface area contributed by atoms with Crippen LogP contribution < -0.4 is 4.90 Å². The highest BCUT2D eigenvalue weighted by molar-refractivity contribution is 5.86. The Morgan fingerprint density at radius 3 is 2.68 bits per heavy atom. The minimum Gasteiger partial charge on any atom is -0.381 e. The summed E-state index contributed by atoms with van der Waals surface area (Å²) in [5.74, 6) is 1.13. The van der Waals surface area contributed by atoms with Crippen molar-refractivity contribution < 1.29 is 9.53 Å². The number of likely N-dealkylation sites (tertiary alicyclic amines) is 1. The zero-order valence-corrected chi connectivity index (χ0v) is 15.1. The summed E-state index contributed by atoms with van der Waals surface area (Å²) in [5.41, 5.74) is 0.918. The Morgan fingerprint density at radius 1 is 1.20 bits per heavy atom. The first-order valence-corrected chi connectivity index (χ1v) is 9.66. The molecule has 1 aromatic rings. The number of hydrogen-bond acceptors (Lipinski definition) is 5. The molecule has 0 unspecified atom stereocenters. The maximum absolute atomic E-state index is 13.3. The first-order valence-electron chi connectivity index (χ1n) is 9.66. The van der Waals surface area contributed by atoms with Crippen LogP contribution in [0.4, 0.5) is 5.95 Å². The number of piperidine rings is 1. The minimum absolute atomic E-state index is 0.233. The lowest BCUT2D eigenvalue weighted by Gasteiger charge is -2.40. The van der Waals surface area contributed by atoms with Crippen LogP contribution in [0.15, 0.2) is 12.4 Å². The third kappa shape index (κ3) is 3.12. The fraction of sp³-hybridized carbons (Fsp3) is 0.737. The van der Waals surface area contributed by atoms with E-state index in [1.807, 2.05) is 12.4 Å². The van der Waals surface area contributed by atoms with Crippen LogP contribution in [0.1, 0.15) is 44.6 Å². The molecule has 3 saturated heterocycles. The Balaban J connectivity index is 1.48. The Hall–Kier alpha value is -1.69. The number of anilines is 1. The molecule has 1 amide bonds.